The molecule has 1 rings (SSSR count). The molecule has 16 heavy (non-hydrogen) atoms. The number of carbonyl (C=O) groups is 2. The van der Waals surface area contributed by atoms with E-state index in [9.17, 15) is 9.59 Å². The van der Waals surface area contributed by atoms with Gasteiger partial charge in [0.1, 0.15) is 0 Å². The lowest BCUT2D eigenvalue weighted by molar-refractivity contribution is -0.138. The largest absolute Gasteiger partial charge is 0.312 e. The Kier molecular flexibility index (Phi) is 4.93. The van der Waals surface area contributed by atoms with Crippen LogP contribution in [0.15, 0.2) is 0 Å². The van der Waals surface area contributed by atoms with Crippen LogP contribution >= 0.6 is 0 Å². The van der Waals surface area contributed by atoms with Gasteiger partial charge in [-0.1, -0.05) is 20.3 Å². The van der Waals surface area contributed by atoms with Gasteiger partial charge in [-0.05, 0) is 12.8 Å². The predicted molar refractivity (Wildman–Crippen MR) is 62.9 cm³/mol. The number of imide groups is 1. The van der Waals surface area contributed by atoms with E-state index in [1.807, 2.05) is 0 Å². The maximum absolute atomic E-state index is 11.3. The molecule has 2 unspecified atom stereocenters. The molecule has 4 heteroatoms. The summed E-state index contributed by atoms with van der Waals surface area (Å²) in [4.78, 5) is 24.0. The molecule has 2 atom stereocenters. The van der Waals surface area contributed by atoms with Crippen LogP contribution in [0.1, 0.15) is 40.0 Å². The van der Waals surface area contributed by atoms with Crippen LogP contribution in [-0.2, 0) is 9.59 Å². The van der Waals surface area contributed by atoms with Crippen molar-refractivity contribution < 1.29 is 9.59 Å². The highest BCUT2D eigenvalue weighted by molar-refractivity contribution is 6.01. The first-order valence-corrected chi connectivity index (χ1v) is 6.12. The minimum atomic E-state index is -0.0250. The summed E-state index contributed by atoms with van der Waals surface area (Å²) in [5.41, 5.74) is 0. The summed E-state index contributed by atoms with van der Waals surface area (Å²) >= 11 is 0. The number of carbonyl (C=O) groups excluding carboxylic acids is 2. The normalized spacial score (nSPS) is 20.3. The standard InChI is InChI=1S/C12H22N2O2/c1-4-9(2)10(3)13-7-8-14-11(15)5-6-12(14)16/h9-10,13H,4-8H2,1-3H3. The van der Waals surface area contributed by atoms with E-state index in [2.05, 4.69) is 26.1 Å². The first kappa shape index (κ1) is 13.2. The van der Waals surface area contributed by atoms with Gasteiger partial charge in [0.25, 0.3) is 0 Å². The second kappa shape index (κ2) is 5.99. The van der Waals surface area contributed by atoms with Gasteiger partial charge in [0.15, 0.2) is 0 Å². The van der Waals surface area contributed by atoms with Crippen LogP contribution in [0.2, 0.25) is 0 Å². The molecule has 0 radical (unpaired) electrons. The van der Waals surface area contributed by atoms with E-state index in [-0.39, 0.29) is 11.8 Å². The van der Waals surface area contributed by atoms with E-state index < -0.39 is 0 Å². The molecule has 0 saturated carbocycles. The topological polar surface area (TPSA) is 49.4 Å². The van der Waals surface area contributed by atoms with Crippen LogP contribution < -0.4 is 5.32 Å². The zero-order chi connectivity index (χ0) is 12.1. The Hall–Kier alpha value is -0.900. The molecule has 0 aliphatic carbocycles. The molecule has 4 nitrogen and oxygen atoms in total. The summed E-state index contributed by atoms with van der Waals surface area (Å²) in [6.45, 7) is 7.71. The Morgan fingerprint density at radius 1 is 1.25 bits per heavy atom. The van der Waals surface area contributed by atoms with Crippen molar-refractivity contribution in [2.75, 3.05) is 13.1 Å². The second-order valence-electron chi connectivity index (χ2n) is 4.57. The minimum Gasteiger partial charge on any atom is -0.312 e. The second-order valence-corrected chi connectivity index (χ2v) is 4.57. The van der Waals surface area contributed by atoms with Gasteiger partial charge in [0.05, 0.1) is 0 Å². The lowest BCUT2D eigenvalue weighted by Crippen LogP contribution is -2.40. The van der Waals surface area contributed by atoms with Crippen molar-refractivity contribution in [3.05, 3.63) is 0 Å². The molecule has 0 spiro atoms. The molecule has 1 saturated heterocycles. The first-order chi connectivity index (χ1) is 7.56. The van der Waals surface area contributed by atoms with Gasteiger partial charge in [0, 0.05) is 32.0 Å². The third-order valence-corrected chi connectivity index (χ3v) is 3.45. The highest BCUT2D eigenvalue weighted by Crippen LogP contribution is 2.11. The van der Waals surface area contributed by atoms with Crippen LogP contribution in [0, 0.1) is 5.92 Å². The van der Waals surface area contributed by atoms with E-state index in [4.69, 9.17) is 0 Å². The average Bonchev–Trinajstić information content (AvgIpc) is 2.59. The molecule has 2 amide bonds. The fourth-order valence-corrected chi connectivity index (χ4v) is 1.83. The van der Waals surface area contributed by atoms with Gasteiger partial charge in [-0.15, -0.1) is 0 Å². The van der Waals surface area contributed by atoms with Crippen LogP contribution in [0.25, 0.3) is 0 Å². The van der Waals surface area contributed by atoms with Crippen LogP contribution in [-0.4, -0.2) is 35.8 Å². The van der Waals surface area contributed by atoms with E-state index in [1.165, 1.54) is 4.90 Å². The van der Waals surface area contributed by atoms with Crippen molar-refractivity contribution in [3.63, 3.8) is 0 Å². The highest BCUT2D eigenvalue weighted by atomic mass is 16.2. The number of hydrogen-bond acceptors (Lipinski definition) is 3. The van der Waals surface area contributed by atoms with Crippen molar-refractivity contribution in [3.8, 4) is 0 Å². The number of likely N-dealkylation sites (tertiary alicyclic amines) is 1. The van der Waals surface area contributed by atoms with Gasteiger partial charge < -0.3 is 5.32 Å². The molecular formula is C12H22N2O2. The van der Waals surface area contributed by atoms with E-state index in [0.29, 0.717) is 37.9 Å². The van der Waals surface area contributed by atoms with E-state index in [0.717, 1.165) is 6.42 Å². The van der Waals surface area contributed by atoms with Crippen LogP contribution in [0.5, 0.6) is 0 Å². The number of nitrogens with one attached hydrogen (secondary N) is 1. The monoisotopic (exact) mass is 226 g/mol. The zero-order valence-electron chi connectivity index (χ0n) is 10.5. The van der Waals surface area contributed by atoms with Crippen LogP contribution in [0.3, 0.4) is 0 Å². The lowest BCUT2D eigenvalue weighted by atomic mass is 10.0. The summed E-state index contributed by atoms with van der Waals surface area (Å²) in [5.74, 6) is 0.566. The highest BCUT2D eigenvalue weighted by Gasteiger charge is 2.28. The molecule has 1 aliphatic rings. The number of amides is 2. The molecular weight excluding hydrogens is 204 g/mol. The number of hydrogen-bond donors (Lipinski definition) is 1. The molecule has 92 valence electrons. The molecule has 1 fully saturated rings. The maximum Gasteiger partial charge on any atom is 0.229 e. The molecule has 1 heterocycles. The molecule has 1 aliphatic heterocycles. The molecule has 0 bridgehead atoms. The molecule has 0 aromatic rings. The number of nitrogens with zero attached hydrogens (tertiary/aromatic N) is 1. The summed E-state index contributed by atoms with van der Waals surface area (Å²) < 4.78 is 0. The van der Waals surface area contributed by atoms with Gasteiger partial charge in [-0.3, -0.25) is 14.5 Å². The van der Waals surface area contributed by atoms with Gasteiger partial charge in [-0.2, -0.15) is 0 Å². The van der Waals surface area contributed by atoms with Gasteiger partial charge in [0.2, 0.25) is 11.8 Å². The van der Waals surface area contributed by atoms with E-state index >= 15 is 0 Å². The number of rotatable bonds is 6. The summed E-state index contributed by atoms with van der Waals surface area (Å²) in [6, 6.07) is 0.429. The van der Waals surface area contributed by atoms with Crippen molar-refractivity contribution >= 4 is 11.8 Å². The fourth-order valence-electron chi connectivity index (χ4n) is 1.83. The van der Waals surface area contributed by atoms with Crippen molar-refractivity contribution in [2.24, 2.45) is 5.92 Å². The van der Waals surface area contributed by atoms with Crippen molar-refractivity contribution in [1.82, 2.24) is 10.2 Å². The lowest BCUT2D eigenvalue weighted by Gasteiger charge is -2.21. The average molecular weight is 226 g/mol. The van der Waals surface area contributed by atoms with Crippen molar-refractivity contribution in [1.29, 1.82) is 0 Å². The van der Waals surface area contributed by atoms with E-state index in [1.54, 1.807) is 0 Å². The molecule has 1 N–H and O–H groups in total. The molecule has 0 aromatic heterocycles. The third-order valence-electron chi connectivity index (χ3n) is 3.45. The Balaban J connectivity index is 2.25. The Morgan fingerprint density at radius 2 is 1.81 bits per heavy atom. The minimum absolute atomic E-state index is 0.0250. The van der Waals surface area contributed by atoms with Crippen LogP contribution in [0.4, 0.5) is 0 Å². The Bertz CT molecular complexity index is 250. The van der Waals surface area contributed by atoms with Gasteiger partial charge >= 0.3 is 0 Å². The van der Waals surface area contributed by atoms with Crippen molar-refractivity contribution in [2.45, 2.75) is 46.1 Å². The molecule has 0 aromatic carbocycles. The smallest absolute Gasteiger partial charge is 0.229 e. The maximum atomic E-state index is 11.3. The Labute approximate surface area is 97.4 Å². The summed E-state index contributed by atoms with van der Waals surface area (Å²) in [7, 11) is 0. The third kappa shape index (κ3) is 3.30. The van der Waals surface area contributed by atoms with Gasteiger partial charge in [-0.25, -0.2) is 0 Å². The zero-order valence-corrected chi connectivity index (χ0v) is 10.5. The fraction of sp³-hybridized carbons (Fsp3) is 0.833. The first-order valence-electron chi connectivity index (χ1n) is 6.12. The summed E-state index contributed by atoms with van der Waals surface area (Å²) in [5, 5.41) is 3.36. The predicted octanol–water partition coefficient (Wildman–Crippen LogP) is 1.16. The SMILES string of the molecule is CCC(C)C(C)NCCN1C(=O)CCC1=O. The summed E-state index contributed by atoms with van der Waals surface area (Å²) in [6.07, 6.45) is 1.91. The Morgan fingerprint density at radius 3 is 2.31 bits per heavy atom. The quantitative estimate of drug-likeness (QED) is 0.691.